The lowest BCUT2D eigenvalue weighted by atomic mass is 10.2. The molecule has 7 nitrogen and oxygen atoms in total. The normalized spacial score (nSPS) is 10.4. The average Bonchev–Trinajstić information content (AvgIpc) is 2.77. The molecule has 0 saturated heterocycles. The molecule has 0 aromatic carbocycles. The van der Waals surface area contributed by atoms with Crippen LogP contribution in [0, 0.1) is 0 Å². The molecular formula is C12H15N5O2. The first-order chi connectivity index (χ1) is 9.08. The van der Waals surface area contributed by atoms with Crippen molar-refractivity contribution in [3.8, 4) is 0 Å². The summed E-state index contributed by atoms with van der Waals surface area (Å²) >= 11 is 0. The minimum atomic E-state index is -1.05. The van der Waals surface area contributed by atoms with Crippen LogP contribution >= 0.6 is 0 Å². The molecule has 0 radical (unpaired) electrons. The Bertz CT molecular complexity index is 594. The number of aryl methyl sites for hydroxylation is 1. The molecule has 0 aliphatic heterocycles. The highest BCUT2D eigenvalue weighted by atomic mass is 16.4. The molecule has 2 aromatic heterocycles. The molecule has 19 heavy (non-hydrogen) atoms. The zero-order chi connectivity index (χ0) is 13.8. The van der Waals surface area contributed by atoms with Crippen molar-refractivity contribution >= 4 is 17.5 Å². The van der Waals surface area contributed by atoms with Crippen molar-refractivity contribution < 1.29 is 9.90 Å². The Balaban J connectivity index is 2.03. The van der Waals surface area contributed by atoms with Crippen LogP contribution in [0.15, 0.2) is 24.5 Å². The third-order valence-corrected chi connectivity index (χ3v) is 2.74. The predicted molar refractivity (Wildman–Crippen MR) is 71.0 cm³/mol. The summed E-state index contributed by atoms with van der Waals surface area (Å²) in [6.45, 7) is 0.566. The van der Waals surface area contributed by atoms with Crippen LogP contribution in [0.2, 0.25) is 0 Å². The van der Waals surface area contributed by atoms with E-state index in [4.69, 9.17) is 10.8 Å². The number of hydrogen-bond acceptors (Lipinski definition) is 5. The smallest absolute Gasteiger partial charge is 0.339 e. The molecule has 4 N–H and O–H groups in total. The monoisotopic (exact) mass is 261 g/mol. The molecule has 100 valence electrons. The molecule has 0 spiro atoms. The highest BCUT2D eigenvalue weighted by Crippen LogP contribution is 2.15. The second kappa shape index (κ2) is 5.38. The summed E-state index contributed by atoms with van der Waals surface area (Å²) in [7, 11) is 1.86. The van der Waals surface area contributed by atoms with E-state index in [9.17, 15) is 4.79 Å². The summed E-state index contributed by atoms with van der Waals surface area (Å²) in [6.07, 6.45) is 3.87. The molecular weight excluding hydrogens is 246 g/mol. The van der Waals surface area contributed by atoms with Crippen molar-refractivity contribution in [2.24, 2.45) is 7.05 Å². The van der Waals surface area contributed by atoms with Gasteiger partial charge in [-0.25, -0.2) is 9.78 Å². The van der Waals surface area contributed by atoms with E-state index in [2.05, 4.69) is 15.4 Å². The van der Waals surface area contributed by atoms with E-state index in [0.29, 0.717) is 18.1 Å². The Labute approximate surface area is 110 Å². The van der Waals surface area contributed by atoms with Gasteiger partial charge in [-0.2, -0.15) is 5.10 Å². The van der Waals surface area contributed by atoms with Crippen LogP contribution < -0.4 is 11.1 Å². The first-order valence-electron chi connectivity index (χ1n) is 5.77. The second-order valence-corrected chi connectivity index (χ2v) is 4.09. The van der Waals surface area contributed by atoms with Gasteiger partial charge in [0.2, 0.25) is 0 Å². The van der Waals surface area contributed by atoms with Crippen molar-refractivity contribution in [2.45, 2.75) is 6.42 Å². The van der Waals surface area contributed by atoms with Crippen LogP contribution in [0.25, 0.3) is 0 Å². The molecule has 7 heteroatoms. The average molecular weight is 261 g/mol. The maximum absolute atomic E-state index is 11.1. The van der Waals surface area contributed by atoms with Crippen molar-refractivity contribution in [3.05, 3.63) is 35.8 Å². The third kappa shape index (κ3) is 3.01. The maximum Gasteiger partial charge on any atom is 0.339 e. The molecule has 0 atom stereocenters. The number of aromatic carboxylic acids is 1. The zero-order valence-corrected chi connectivity index (χ0v) is 10.5. The van der Waals surface area contributed by atoms with E-state index >= 15 is 0 Å². The fraction of sp³-hybridized carbons (Fsp3) is 0.250. The van der Waals surface area contributed by atoms with Gasteiger partial charge in [0, 0.05) is 31.9 Å². The lowest BCUT2D eigenvalue weighted by Crippen LogP contribution is -2.13. The maximum atomic E-state index is 11.1. The zero-order valence-electron chi connectivity index (χ0n) is 10.5. The molecule has 0 bridgehead atoms. The Morgan fingerprint density at radius 2 is 2.37 bits per heavy atom. The quantitative estimate of drug-likeness (QED) is 0.733. The lowest BCUT2D eigenvalue weighted by Gasteiger charge is -2.09. The van der Waals surface area contributed by atoms with Crippen LogP contribution in [0.3, 0.4) is 0 Å². The van der Waals surface area contributed by atoms with Gasteiger partial charge >= 0.3 is 5.97 Å². The van der Waals surface area contributed by atoms with Crippen molar-refractivity contribution in [3.63, 3.8) is 0 Å². The Morgan fingerprint density at radius 3 is 3.00 bits per heavy atom. The summed E-state index contributed by atoms with van der Waals surface area (Å²) in [5, 5.41) is 16.1. The van der Waals surface area contributed by atoms with Crippen molar-refractivity contribution in [1.82, 2.24) is 14.8 Å². The van der Waals surface area contributed by atoms with E-state index in [1.807, 2.05) is 13.1 Å². The first kappa shape index (κ1) is 12.9. The van der Waals surface area contributed by atoms with E-state index in [-0.39, 0.29) is 5.56 Å². The number of pyridine rings is 1. The van der Waals surface area contributed by atoms with Crippen LogP contribution in [0.5, 0.6) is 0 Å². The number of carboxylic acid groups (broad SMARTS) is 1. The van der Waals surface area contributed by atoms with Gasteiger partial charge in [-0.05, 0) is 12.1 Å². The van der Waals surface area contributed by atoms with E-state index in [0.717, 1.165) is 12.1 Å². The number of rotatable bonds is 5. The Hall–Kier alpha value is -2.57. The van der Waals surface area contributed by atoms with E-state index < -0.39 is 5.97 Å². The third-order valence-electron chi connectivity index (χ3n) is 2.74. The number of carbonyl (C=O) groups is 1. The number of anilines is 2. The molecule has 2 rings (SSSR count). The molecule has 0 saturated carbocycles. The molecule has 2 aromatic rings. The minimum absolute atomic E-state index is 0.0741. The van der Waals surface area contributed by atoms with Gasteiger partial charge in [-0.15, -0.1) is 0 Å². The van der Waals surface area contributed by atoms with Gasteiger partial charge in [-0.1, -0.05) is 0 Å². The first-order valence-corrected chi connectivity index (χ1v) is 5.77. The summed E-state index contributed by atoms with van der Waals surface area (Å²) in [4.78, 5) is 15.1. The van der Waals surface area contributed by atoms with Gasteiger partial charge in [0.05, 0.1) is 11.9 Å². The number of carboxylic acids is 1. The summed E-state index contributed by atoms with van der Waals surface area (Å²) in [5.41, 5.74) is 6.98. The predicted octanol–water partition coefficient (Wildman–Crippen LogP) is 0.750. The van der Waals surface area contributed by atoms with Crippen LogP contribution in [0.4, 0.5) is 11.5 Å². The van der Waals surface area contributed by atoms with Gasteiger partial charge in [0.15, 0.2) is 0 Å². The highest BCUT2D eigenvalue weighted by Gasteiger charge is 2.11. The molecule has 0 aliphatic carbocycles. The van der Waals surface area contributed by atoms with E-state index in [1.165, 1.54) is 12.3 Å². The molecule has 2 heterocycles. The number of nitrogen functional groups attached to an aromatic ring is 1. The van der Waals surface area contributed by atoms with Gasteiger partial charge < -0.3 is 16.2 Å². The molecule has 0 amide bonds. The highest BCUT2D eigenvalue weighted by molar-refractivity contribution is 5.94. The van der Waals surface area contributed by atoms with Crippen molar-refractivity contribution in [1.29, 1.82) is 0 Å². The van der Waals surface area contributed by atoms with Crippen molar-refractivity contribution in [2.75, 3.05) is 17.6 Å². The summed E-state index contributed by atoms with van der Waals surface area (Å²) < 4.78 is 1.77. The van der Waals surface area contributed by atoms with Crippen LogP contribution in [-0.4, -0.2) is 32.4 Å². The number of nitrogens with two attached hydrogens (primary N) is 1. The van der Waals surface area contributed by atoms with Gasteiger partial charge in [0.1, 0.15) is 11.4 Å². The molecule has 0 fully saturated rings. The summed E-state index contributed by atoms with van der Waals surface area (Å²) in [6, 6.07) is 3.30. The van der Waals surface area contributed by atoms with Gasteiger partial charge in [0.25, 0.3) is 0 Å². The lowest BCUT2D eigenvalue weighted by molar-refractivity contribution is 0.0697. The number of aromatic nitrogens is 3. The second-order valence-electron chi connectivity index (χ2n) is 4.09. The largest absolute Gasteiger partial charge is 0.478 e. The minimum Gasteiger partial charge on any atom is -0.478 e. The Kier molecular flexibility index (Phi) is 3.65. The standard InChI is InChI=1S/C12H15N5O2/c1-17-9(3-5-16-17)2-4-14-11-10(12(18)19)6-8(13)7-15-11/h3,5-7H,2,4,13H2,1H3,(H,14,15)(H,18,19). The summed E-state index contributed by atoms with van der Waals surface area (Å²) in [5.74, 6) is -0.730. The number of hydrogen-bond donors (Lipinski definition) is 3. The van der Waals surface area contributed by atoms with E-state index in [1.54, 1.807) is 10.9 Å². The SMILES string of the molecule is Cn1nccc1CCNc1ncc(N)cc1C(=O)O. The fourth-order valence-electron chi connectivity index (χ4n) is 1.74. The molecule has 0 aliphatic rings. The van der Waals surface area contributed by atoms with Crippen LogP contribution in [-0.2, 0) is 13.5 Å². The number of nitrogens with zero attached hydrogens (tertiary/aromatic N) is 3. The van der Waals surface area contributed by atoms with Crippen LogP contribution in [0.1, 0.15) is 16.1 Å². The topological polar surface area (TPSA) is 106 Å². The molecule has 0 unspecified atom stereocenters. The fourth-order valence-corrected chi connectivity index (χ4v) is 1.74. The number of nitrogens with one attached hydrogen (secondary N) is 1. The Morgan fingerprint density at radius 1 is 1.58 bits per heavy atom. The van der Waals surface area contributed by atoms with Gasteiger partial charge in [-0.3, -0.25) is 4.68 Å².